The van der Waals surface area contributed by atoms with Gasteiger partial charge in [-0.15, -0.1) is 0 Å². The molecule has 1 aromatic heterocycles. The first kappa shape index (κ1) is 9.46. The van der Waals surface area contributed by atoms with Crippen LogP contribution in [0.25, 0.3) is 11.0 Å². The number of halogens is 1. The predicted molar refractivity (Wildman–Crippen MR) is 51.9 cm³/mol. The first-order valence-electron chi connectivity index (χ1n) is 4.36. The highest BCUT2D eigenvalue weighted by atomic mass is 19.1. The third-order valence-electron chi connectivity index (χ3n) is 1.93. The van der Waals surface area contributed by atoms with Crippen LogP contribution in [0.15, 0.2) is 12.1 Å². The molecule has 0 spiro atoms. The average molecular weight is 205 g/mol. The molecule has 2 rings (SSSR count). The molecule has 0 fully saturated rings. The third-order valence-corrected chi connectivity index (χ3v) is 1.93. The predicted octanol–water partition coefficient (Wildman–Crippen LogP) is 1.91. The molecule has 0 bridgehead atoms. The molecule has 0 aliphatic rings. The zero-order chi connectivity index (χ0) is 10.8. The van der Waals surface area contributed by atoms with Crippen molar-refractivity contribution in [3.63, 3.8) is 0 Å². The fourth-order valence-electron chi connectivity index (χ4n) is 1.40. The zero-order valence-electron chi connectivity index (χ0n) is 8.04. The van der Waals surface area contributed by atoms with E-state index in [-0.39, 0.29) is 12.4 Å². The Balaban J connectivity index is 2.56. The average Bonchev–Trinajstić information content (AvgIpc) is 2.54. The Morgan fingerprint density at radius 3 is 3.13 bits per heavy atom. The highest BCUT2D eigenvalue weighted by molar-refractivity contribution is 5.81. The van der Waals surface area contributed by atoms with Crippen molar-refractivity contribution in [2.45, 2.75) is 6.92 Å². The van der Waals surface area contributed by atoms with E-state index in [1.54, 1.807) is 6.92 Å². The fourth-order valence-corrected chi connectivity index (χ4v) is 1.40. The van der Waals surface area contributed by atoms with Crippen molar-refractivity contribution in [3.8, 4) is 11.8 Å². The van der Waals surface area contributed by atoms with Crippen LogP contribution in [-0.2, 0) is 0 Å². The number of aromatic nitrogens is 2. The summed E-state index contributed by atoms with van der Waals surface area (Å²) in [6.45, 7) is 1.65. The van der Waals surface area contributed by atoms with Gasteiger partial charge in [0.15, 0.2) is 12.4 Å². The maximum Gasteiger partial charge on any atom is 0.174 e. The number of hydrogen-bond acceptors (Lipinski definition) is 3. The Morgan fingerprint density at radius 2 is 2.40 bits per heavy atom. The highest BCUT2D eigenvalue weighted by Gasteiger charge is 2.09. The molecule has 4 nitrogen and oxygen atoms in total. The van der Waals surface area contributed by atoms with E-state index in [4.69, 9.17) is 10.00 Å². The van der Waals surface area contributed by atoms with Gasteiger partial charge in [0.2, 0.25) is 0 Å². The minimum absolute atomic E-state index is 0.121. The summed E-state index contributed by atoms with van der Waals surface area (Å²) >= 11 is 0. The minimum Gasteiger partial charge on any atom is -0.476 e. The molecule has 0 radical (unpaired) electrons. The van der Waals surface area contributed by atoms with Crippen LogP contribution >= 0.6 is 0 Å². The molecule has 0 saturated carbocycles. The van der Waals surface area contributed by atoms with Gasteiger partial charge in [-0.2, -0.15) is 5.26 Å². The highest BCUT2D eigenvalue weighted by Crippen LogP contribution is 2.25. The number of nitriles is 1. The number of aromatic amines is 1. The van der Waals surface area contributed by atoms with Gasteiger partial charge in [0.25, 0.3) is 0 Å². The maximum atomic E-state index is 13.1. The Bertz CT molecular complexity index is 541. The van der Waals surface area contributed by atoms with Gasteiger partial charge in [-0.1, -0.05) is 0 Å². The van der Waals surface area contributed by atoms with Crippen molar-refractivity contribution < 1.29 is 9.13 Å². The number of ether oxygens (including phenoxy) is 1. The van der Waals surface area contributed by atoms with Crippen LogP contribution in [0.1, 0.15) is 5.82 Å². The molecule has 0 aliphatic heterocycles. The van der Waals surface area contributed by atoms with Gasteiger partial charge in [0, 0.05) is 6.07 Å². The van der Waals surface area contributed by atoms with Gasteiger partial charge in [0.05, 0.1) is 5.52 Å². The number of nitrogens with zero attached hydrogens (tertiary/aromatic N) is 2. The smallest absolute Gasteiger partial charge is 0.174 e. The van der Waals surface area contributed by atoms with Crippen LogP contribution in [0.5, 0.6) is 5.75 Å². The molecular formula is C10H8FN3O. The lowest BCUT2D eigenvalue weighted by Gasteiger charge is -2.01. The number of hydrogen-bond donors (Lipinski definition) is 1. The number of rotatable bonds is 2. The fraction of sp³-hybridized carbons (Fsp3) is 0.200. The number of aryl methyl sites for hydroxylation is 1. The number of imidazole rings is 1. The lowest BCUT2D eigenvalue weighted by atomic mass is 10.3. The van der Waals surface area contributed by atoms with E-state index < -0.39 is 5.82 Å². The summed E-state index contributed by atoms with van der Waals surface area (Å²) in [5.41, 5.74) is 1.12. The largest absolute Gasteiger partial charge is 0.476 e. The number of benzene rings is 1. The summed E-state index contributed by atoms with van der Waals surface area (Å²) in [7, 11) is 0. The second-order valence-electron chi connectivity index (χ2n) is 3.07. The van der Waals surface area contributed by atoms with E-state index in [9.17, 15) is 4.39 Å². The van der Waals surface area contributed by atoms with E-state index in [1.807, 2.05) is 6.07 Å². The molecule has 0 amide bonds. The van der Waals surface area contributed by atoms with E-state index in [0.717, 1.165) is 0 Å². The molecule has 1 aromatic carbocycles. The third kappa shape index (κ3) is 1.74. The van der Waals surface area contributed by atoms with Crippen LogP contribution in [0, 0.1) is 24.1 Å². The van der Waals surface area contributed by atoms with E-state index >= 15 is 0 Å². The molecule has 1 heterocycles. The molecule has 2 aromatic rings. The van der Waals surface area contributed by atoms with Gasteiger partial charge in [-0.05, 0) is 13.0 Å². The minimum atomic E-state index is -0.418. The molecule has 0 atom stereocenters. The van der Waals surface area contributed by atoms with Crippen molar-refractivity contribution in [2.75, 3.05) is 6.61 Å². The van der Waals surface area contributed by atoms with Crippen molar-refractivity contribution in [2.24, 2.45) is 0 Å². The second kappa shape index (κ2) is 3.58. The van der Waals surface area contributed by atoms with Gasteiger partial charge >= 0.3 is 0 Å². The van der Waals surface area contributed by atoms with Crippen LogP contribution in [0.4, 0.5) is 4.39 Å². The Labute approximate surface area is 85.3 Å². The number of nitrogens with one attached hydrogen (secondary N) is 1. The molecule has 1 N–H and O–H groups in total. The molecule has 0 unspecified atom stereocenters. The van der Waals surface area contributed by atoms with Crippen molar-refractivity contribution in [1.82, 2.24) is 9.97 Å². The van der Waals surface area contributed by atoms with E-state index in [0.29, 0.717) is 16.9 Å². The molecule has 0 aliphatic carbocycles. The summed E-state index contributed by atoms with van der Waals surface area (Å²) in [6, 6.07) is 4.39. The summed E-state index contributed by atoms with van der Waals surface area (Å²) in [5.74, 6) is 0.549. The summed E-state index contributed by atoms with van der Waals surface area (Å²) < 4.78 is 18.2. The van der Waals surface area contributed by atoms with Gasteiger partial charge in [-0.25, -0.2) is 9.37 Å². The van der Waals surface area contributed by atoms with E-state index in [2.05, 4.69) is 9.97 Å². The number of H-pyrrole nitrogens is 1. The first-order valence-corrected chi connectivity index (χ1v) is 4.36. The van der Waals surface area contributed by atoms with Crippen LogP contribution in [0.3, 0.4) is 0 Å². The maximum absolute atomic E-state index is 13.1. The topological polar surface area (TPSA) is 61.7 Å². The standard InChI is InChI=1S/C10H8FN3O/c1-6-13-8-4-7(11)5-9(10(8)14-6)15-3-2-12/h4-5H,3H2,1H3,(H,13,14). The Morgan fingerprint density at radius 1 is 1.60 bits per heavy atom. The lowest BCUT2D eigenvalue weighted by molar-refractivity contribution is 0.369. The van der Waals surface area contributed by atoms with E-state index in [1.165, 1.54) is 12.1 Å². The quantitative estimate of drug-likeness (QED) is 0.814. The second-order valence-corrected chi connectivity index (χ2v) is 3.07. The zero-order valence-corrected chi connectivity index (χ0v) is 8.04. The van der Waals surface area contributed by atoms with Gasteiger partial charge in [-0.3, -0.25) is 0 Å². The first-order chi connectivity index (χ1) is 7.20. The van der Waals surface area contributed by atoms with Gasteiger partial charge < -0.3 is 9.72 Å². The Hall–Kier alpha value is -2.09. The lowest BCUT2D eigenvalue weighted by Crippen LogP contribution is -1.95. The molecular weight excluding hydrogens is 197 g/mol. The molecule has 76 valence electrons. The summed E-state index contributed by atoms with van der Waals surface area (Å²) in [5, 5.41) is 8.38. The molecule has 15 heavy (non-hydrogen) atoms. The van der Waals surface area contributed by atoms with Crippen LogP contribution < -0.4 is 4.74 Å². The van der Waals surface area contributed by atoms with Crippen molar-refractivity contribution in [1.29, 1.82) is 5.26 Å². The van der Waals surface area contributed by atoms with Crippen LogP contribution in [-0.4, -0.2) is 16.6 Å². The Kier molecular flexibility index (Phi) is 2.26. The van der Waals surface area contributed by atoms with Crippen LogP contribution in [0.2, 0.25) is 0 Å². The SMILES string of the molecule is Cc1nc2c(OCC#N)cc(F)cc2[nH]1. The summed E-state index contributed by atoms with van der Waals surface area (Å²) in [6.07, 6.45) is 0. The normalized spacial score (nSPS) is 10.2. The monoisotopic (exact) mass is 205 g/mol. The molecule has 0 saturated heterocycles. The molecule has 5 heteroatoms. The number of fused-ring (bicyclic) bond motifs is 1. The summed E-state index contributed by atoms with van der Waals surface area (Å²) in [4.78, 5) is 7.05. The van der Waals surface area contributed by atoms with Gasteiger partial charge in [0.1, 0.15) is 23.2 Å². The van der Waals surface area contributed by atoms with Crippen molar-refractivity contribution >= 4 is 11.0 Å². The van der Waals surface area contributed by atoms with Crippen molar-refractivity contribution in [3.05, 3.63) is 23.8 Å².